The van der Waals surface area contributed by atoms with Crippen molar-refractivity contribution in [3.63, 3.8) is 0 Å². The molecule has 3 rings (SSSR count). The number of benzene rings is 1. The molecule has 2 aromatic heterocycles. The van der Waals surface area contributed by atoms with Gasteiger partial charge in [0.25, 0.3) is 0 Å². The normalized spacial score (nSPS) is 12.9. The number of hydrogen-bond acceptors (Lipinski definition) is 3. The molecule has 0 saturated heterocycles. The van der Waals surface area contributed by atoms with Crippen molar-refractivity contribution in [2.24, 2.45) is 0 Å². The Bertz CT molecular complexity index is 744. The van der Waals surface area contributed by atoms with Crippen LogP contribution in [-0.4, -0.2) is 6.54 Å². The van der Waals surface area contributed by atoms with Gasteiger partial charge in [-0.15, -0.1) is 0 Å². The lowest BCUT2D eigenvalue weighted by Gasteiger charge is -2.13. The number of halogens is 1. The van der Waals surface area contributed by atoms with Crippen molar-refractivity contribution >= 4 is 22.6 Å². The van der Waals surface area contributed by atoms with E-state index in [4.69, 9.17) is 20.4 Å². The maximum atomic E-state index is 5.98. The first-order valence-corrected chi connectivity index (χ1v) is 7.54. The van der Waals surface area contributed by atoms with Gasteiger partial charge in [0, 0.05) is 5.39 Å². The van der Waals surface area contributed by atoms with Crippen LogP contribution in [0.25, 0.3) is 11.0 Å². The summed E-state index contributed by atoms with van der Waals surface area (Å²) in [5.74, 6) is 1.61. The standard InChI is InChI=1S/C17H18ClNO2/c1-3-8-19-17(14-6-7-16(18)21-14)15-10-12-9-11(2)4-5-13(12)20-15/h4-7,9-10,17,19H,3,8H2,1-2H3. The van der Waals surface area contributed by atoms with Gasteiger partial charge in [0.2, 0.25) is 0 Å². The molecule has 0 aliphatic heterocycles. The third-order valence-corrected chi connectivity index (χ3v) is 3.66. The van der Waals surface area contributed by atoms with Gasteiger partial charge in [0.05, 0.1) is 0 Å². The second-order valence-electron chi connectivity index (χ2n) is 5.22. The molecule has 0 aliphatic rings. The second-order valence-corrected chi connectivity index (χ2v) is 5.59. The lowest BCUT2D eigenvalue weighted by molar-refractivity contribution is 0.400. The lowest BCUT2D eigenvalue weighted by Crippen LogP contribution is -2.22. The highest BCUT2D eigenvalue weighted by atomic mass is 35.5. The van der Waals surface area contributed by atoms with E-state index in [1.165, 1.54) is 5.56 Å². The minimum absolute atomic E-state index is 0.120. The van der Waals surface area contributed by atoms with Crippen LogP contribution in [0.1, 0.15) is 36.5 Å². The lowest BCUT2D eigenvalue weighted by atomic mass is 10.1. The van der Waals surface area contributed by atoms with Gasteiger partial charge in [-0.05, 0) is 61.8 Å². The summed E-state index contributed by atoms with van der Waals surface area (Å²) in [6.45, 7) is 5.07. The molecular weight excluding hydrogens is 286 g/mol. The Balaban J connectivity index is 2.00. The maximum Gasteiger partial charge on any atom is 0.193 e. The van der Waals surface area contributed by atoms with Crippen molar-refractivity contribution < 1.29 is 8.83 Å². The van der Waals surface area contributed by atoms with E-state index in [1.54, 1.807) is 6.07 Å². The van der Waals surface area contributed by atoms with Gasteiger partial charge in [-0.2, -0.15) is 0 Å². The second kappa shape index (κ2) is 5.96. The van der Waals surface area contributed by atoms with Gasteiger partial charge in [-0.3, -0.25) is 0 Å². The molecule has 2 heterocycles. The zero-order valence-electron chi connectivity index (χ0n) is 12.2. The van der Waals surface area contributed by atoms with Crippen molar-refractivity contribution in [2.45, 2.75) is 26.3 Å². The average Bonchev–Trinajstić information content (AvgIpc) is 3.05. The zero-order chi connectivity index (χ0) is 14.8. The van der Waals surface area contributed by atoms with Gasteiger partial charge >= 0.3 is 0 Å². The Labute approximate surface area is 128 Å². The molecule has 0 radical (unpaired) electrons. The monoisotopic (exact) mass is 303 g/mol. The molecule has 0 amide bonds. The molecule has 0 bridgehead atoms. The zero-order valence-corrected chi connectivity index (χ0v) is 12.9. The molecule has 110 valence electrons. The van der Waals surface area contributed by atoms with E-state index in [0.29, 0.717) is 5.22 Å². The quantitative estimate of drug-likeness (QED) is 0.714. The minimum atomic E-state index is -0.120. The molecule has 4 heteroatoms. The fourth-order valence-electron chi connectivity index (χ4n) is 2.44. The Kier molecular flexibility index (Phi) is 4.04. The van der Waals surface area contributed by atoms with Crippen LogP contribution in [0.4, 0.5) is 0 Å². The van der Waals surface area contributed by atoms with Gasteiger partial charge in [-0.1, -0.05) is 18.6 Å². The number of furan rings is 2. The third kappa shape index (κ3) is 2.99. The fraction of sp³-hybridized carbons (Fsp3) is 0.294. The SMILES string of the molecule is CCCNC(c1ccc(Cl)o1)c1cc2cc(C)ccc2o1. The molecule has 1 N–H and O–H groups in total. The first-order valence-electron chi connectivity index (χ1n) is 7.16. The van der Waals surface area contributed by atoms with Crippen LogP contribution in [0.3, 0.4) is 0 Å². The summed E-state index contributed by atoms with van der Waals surface area (Å²) in [4.78, 5) is 0. The molecule has 3 aromatic rings. The number of aryl methyl sites for hydroxylation is 1. The van der Waals surface area contributed by atoms with Gasteiger partial charge in [-0.25, -0.2) is 0 Å². The highest BCUT2D eigenvalue weighted by Gasteiger charge is 2.21. The van der Waals surface area contributed by atoms with Crippen molar-refractivity contribution in [1.82, 2.24) is 5.32 Å². The van der Waals surface area contributed by atoms with Crippen LogP contribution in [-0.2, 0) is 0 Å². The highest BCUT2D eigenvalue weighted by Crippen LogP contribution is 2.30. The third-order valence-electron chi connectivity index (χ3n) is 3.45. The molecule has 0 spiro atoms. The summed E-state index contributed by atoms with van der Waals surface area (Å²) in [6.07, 6.45) is 1.03. The van der Waals surface area contributed by atoms with E-state index in [0.717, 1.165) is 35.5 Å². The summed E-state index contributed by atoms with van der Waals surface area (Å²) in [5, 5.41) is 4.94. The summed E-state index contributed by atoms with van der Waals surface area (Å²) in [7, 11) is 0. The van der Waals surface area contributed by atoms with Crippen molar-refractivity contribution in [3.05, 3.63) is 58.7 Å². The maximum absolute atomic E-state index is 5.98. The van der Waals surface area contributed by atoms with Crippen LogP contribution in [0.2, 0.25) is 5.22 Å². The van der Waals surface area contributed by atoms with Crippen LogP contribution >= 0.6 is 11.6 Å². The molecule has 1 aromatic carbocycles. The first-order chi connectivity index (χ1) is 10.2. The molecule has 21 heavy (non-hydrogen) atoms. The van der Waals surface area contributed by atoms with Crippen molar-refractivity contribution in [2.75, 3.05) is 6.54 Å². The van der Waals surface area contributed by atoms with Gasteiger partial charge in [0.1, 0.15) is 23.1 Å². The number of nitrogens with one attached hydrogen (secondary N) is 1. The van der Waals surface area contributed by atoms with Crippen molar-refractivity contribution in [3.8, 4) is 0 Å². The van der Waals surface area contributed by atoms with E-state index in [-0.39, 0.29) is 6.04 Å². The molecular formula is C17H18ClNO2. The van der Waals surface area contributed by atoms with Crippen molar-refractivity contribution in [1.29, 1.82) is 0 Å². The molecule has 1 atom stereocenters. The Morgan fingerprint density at radius 2 is 1.95 bits per heavy atom. The predicted molar refractivity (Wildman–Crippen MR) is 84.8 cm³/mol. The van der Waals surface area contributed by atoms with Crippen LogP contribution in [0.5, 0.6) is 0 Å². The molecule has 3 nitrogen and oxygen atoms in total. The van der Waals surface area contributed by atoms with Gasteiger partial charge in [0.15, 0.2) is 5.22 Å². The van der Waals surface area contributed by atoms with Gasteiger partial charge < -0.3 is 14.2 Å². The number of hydrogen-bond donors (Lipinski definition) is 1. The fourth-order valence-corrected chi connectivity index (χ4v) is 2.59. The van der Waals surface area contributed by atoms with Crippen LogP contribution < -0.4 is 5.32 Å². The highest BCUT2D eigenvalue weighted by molar-refractivity contribution is 6.28. The van der Waals surface area contributed by atoms with Crippen LogP contribution in [0.15, 0.2) is 45.2 Å². The van der Waals surface area contributed by atoms with Crippen LogP contribution in [0, 0.1) is 6.92 Å². The number of rotatable bonds is 5. The molecule has 1 unspecified atom stereocenters. The summed E-state index contributed by atoms with van der Waals surface area (Å²) in [5.41, 5.74) is 2.10. The topological polar surface area (TPSA) is 38.3 Å². The first kappa shape index (κ1) is 14.2. The molecule has 0 saturated carbocycles. The van der Waals surface area contributed by atoms with E-state index in [2.05, 4.69) is 31.3 Å². The Hall–Kier alpha value is -1.71. The Morgan fingerprint density at radius 1 is 1.10 bits per heavy atom. The van der Waals surface area contributed by atoms with E-state index < -0.39 is 0 Å². The molecule has 0 fully saturated rings. The smallest absolute Gasteiger partial charge is 0.193 e. The summed E-state index contributed by atoms with van der Waals surface area (Å²) < 4.78 is 11.5. The minimum Gasteiger partial charge on any atom is -0.459 e. The molecule has 0 aliphatic carbocycles. The average molecular weight is 304 g/mol. The largest absolute Gasteiger partial charge is 0.459 e. The summed E-state index contributed by atoms with van der Waals surface area (Å²) >= 11 is 5.90. The van der Waals surface area contributed by atoms with E-state index in [1.807, 2.05) is 18.2 Å². The van der Waals surface area contributed by atoms with E-state index in [9.17, 15) is 0 Å². The van der Waals surface area contributed by atoms with E-state index >= 15 is 0 Å². The predicted octanol–water partition coefficient (Wildman–Crippen LogP) is 5.08. The summed E-state index contributed by atoms with van der Waals surface area (Å²) in [6, 6.07) is 11.7. The number of fused-ring (bicyclic) bond motifs is 1. The Morgan fingerprint density at radius 3 is 2.67 bits per heavy atom.